The van der Waals surface area contributed by atoms with Gasteiger partial charge in [0.25, 0.3) is 0 Å². The lowest BCUT2D eigenvalue weighted by atomic mass is 10.0. The Hall–Kier alpha value is -4.97. The molecule has 0 bridgehead atoms. The van der Waals surface area contributed by atoms with Gasteiger partial charge in [0.1, 0.15) is 11.2 Å². The van der Waals surface area contributed by atoms with E-state index in [2.05, 4.69) is 120 Å². The molecule has 0 aliphatic carbocycles. The van der Waals surface area contributed by atoms with Crippen LogP contribution in [0, 0.1) is 0 Å². The Bertz CT molecular complexity index is 2690. The molecule has 0 atom stereocenters. The Morgan fingerprint density at radius 2 is 1.38 bits per heavy atom. The first kappa shape index (κ1) is 22.7. The molecule has 0 aliphatic rings. The molecule has 0 saturated carbocycles. The van der Waals surface area contributed by atoms with Crippen LogP contribution in [-0.2, 0) is 0 Å². The van der Waals surface area contributed by atoms with Gasteiger partial charge in [-0.3, -0.25) is 4.57 Å². The second-order valence-electron chi connectivity index (χ2n) is 10.8. The van der Waals surface area contributed by atoms with E-state index in [-0.39, 0.29) is 0 Å². The molecule has 3 nitrogen and oxygen atoms in total. The van der Waals surface area contributed by atoms with Gasteiger partial charge in [-0.25, -0.2) is 4.98 Å². The van der Waals surface area contributed by atoms with Gasteiger partial charge in [0.15, 0.2) is 5.13 Å². The Morgan fingerprint density at radius 1 is 0.571 bits per heavy atom. The number of nitrogens with zero attached hydrogens (tertiary/aromatic N) is 2. The van der Waals surface area contributed by atoms with E-state index in [1.54, 1.807) is 11.3 Å². The van der Waals surface area contributed by atoms with Crippen LogP contribution in [0.4, 0.5) is 0 Å². The number of furan rings is 1. The normalized spacial score (nSPS) is 12.3. The fourth-order valence-corrected chi connectivity index (χ4v) is 8.86. The lowest BCUT2D eigenvalue weighted by Crippen LogP contribution is -1.92. The molecule has 4 heterocycles. The second-order valence-corrected chi connectivity index (χ2v) is 12.8. The van der Waals surface area contributed by atoms with Crippen LogP contribution in [0.3, 0.4) is 0 Å². The summed E-state index contributed by atoms with van der Waals surface area (Å²) in [6.07, 6.45) is 0. The Morgan fingerprint density at radius 3 is 2.31 bits per heavy atom. The molecular formula is C37H20N2OS2. The van der Waals surface area contributed by atoms with E-state index in [0.717, 1.165) is 48.4 Å². The van der Waals surface area contributed by atoms with Gasteiger partial charge < -0.3 is 4.42 Å². The maximum absolute atomic E-state index is 6.54. The topological polar surface area (TPSA) is 31.0 Å². The zero-order valence-corrected chi connectivity index (χ0v) is 23.8. The highest BCUT2D eigenvalue weighted by Gasteiger charge is 2.20. The number of benzene rings is 6. The highest BCUT2D eigenvalue weighted by molar-refractivity contribution is 7.26. The molecule has 0 saturated heterocycles. The van der Waals surface area contributed by atoms with Crippen LogP contribution in [0.15, 0.2) is 126 Å². The number of thiazole rings is 1. The van der Waals surface area contributed by atoms with E-state index >= 15 is 0 Å². The minimum Gasteiger partial charge on any atom is -0.455 e. The summed E-state index contributed by atoms with van der Waals surface area (Å²) in [6.45, 7) is 0. The minimum absolute atomic E-state index is 0.894. The fraction of sp³-hybridized carbons (Fsp3) is 0. The van der Waals surface area contributed by atoms with E-state index in [1.165, 1.54) is 42.0 Å². The predicted octanol–water partition coefficient (Wildman–Crippen LogP) is 11.3. The zero-order chi connectivity index (χ0) is 27.4. The average molecular weight is 573 g/mol. The third-order valence-electron chi connectivity index (χ3n) is 8.45. The Labute approximate surface area is 247 Å². The molecule has 0 unspecified atom stereocenters. The molecule has 0 N–H and O–H groups in total. The van der Waals surface area contributed by atoms with Gasteiger partial charge in [-0.05, 0) is 42.0 Å². The van der Waals surface area contributed by atoms with Crippen molar-refractivity contribution in [3.8, 4) is 16.3 Å². The summed E-state index contributed by atoms with van der Waals surface area (Å²) in [5.41, 5.74) is 7.43. The third-order valence-corrected chi connectivity index (χ3v) is 10.7. The molecule has 0 radical (unpaired) electrons. The molecule has 0 amide bonds. The maximum atomic E-state index is 6.54. The molecule has 4 aromatic heterocycles. The summed E-state index contributed by atoms with van der Waals surface area (Å²) in [4.78, 5) is 5.24. The van der Waals surface area contributed by atoms with Crippen molar-refractivity contribution in [1.29, 1.82) is 0 Å². The Kier molecular flexibility index (Phi) is 4.48. The first-order valence-corrected chi connectivity index (χ1v) is 15.6. The lowest BCUT2D eigenvalue weighted by Gasteiger charge is -2.03. The highest BCUT2D eigenvalue weighted by Crippen LogP contribution is 2.44. The van der Waals surface area contributed by atoms with Gasteiger partial charge in [-0.2, -0.15) is 0 Å². The van der Waals surface area contributed by atoms with Gasteiger partial charge >= 0.3 is 0 Å². The van der Waals surface area contributed by atoms with Crippen LogP contribution in [0.2, 0.25) is 0 Å². The molecule has 0 aliphatic heterocycles. The molecule has 10 aromatic rings. The van der Waals surface area contributed by atoms with Gasteiger partial charge in [0, 0.05) is 47.3 Å². The smallest absolute Gasteiger partial charge is 0.195 e. The molecule has 0 spiro atoms. The summed E-state index contributed by atoms with van der Waals surface area (Å²) in [7, 11) is 0. The summed E-state index contributed by atoms with van der Waals surface area (Å²) >= 11 is 3.60. The van der Waals surface area contributed by atoms with Gasteiger partial charge in [0.2, 0.25) is 0 Å². The van der Waals surface area contributed by atoms with Crippen LogP contribution in [0.5, 0.6) is 0 Å². The summed E-state index contributed by atoms with van der Waals surface area (Å²) < 4.78 is 12.7. The molecule has 5 heteroatoms. The first-order chi connectivity index (χ1) is 20.8. The standard InChI is InChI=1S/C37H20N2OS2/c1-2-9-21(10-3-1)22-13-8-14-25-34-31(40-35(22)25)18-17-28-36(34)42-37(38-28)39-29-15-6-4-11-23(29)26-19-27-24-12-5-7-16-32(24)41-33(27)20-30(26)39/h1-20H. The number of hydrogen-bond donors (Lipinski definition) is 0. The van der Waals surface area contributed by atoms with Crippen molar-refractivity contribution >= 4 is 96.8 Å². The van der Waals surface area contributed by atoms with Crippen molar-refractivity contribution in [2.75, 3.05) is 0 Å². The van der Waals surface area contributed by atoms with Crippen molar-refractivity contribution in [3.63, 3.8) is 0 Å². The predicted molar refractivity (Wildman–Crippen MR) is 180 cm³/mol. The molecule has 10 rings (SSSR count). The molecule has 196 valence electrons. The van der Waals surface area contributed by atoms with Crippen LogP contribution < -0.4 is 0 Å². The van der Waals surface area contributed by atoms with Crippen LogP contribution in [0.1, 0.15) is 0 Å². The van der Waals surface area contributed by atoms with Gasteiger partial charge in [-0.15, -0.1) is 11.3 Å². The SMILES string of the molecule is c1ccc(-c2cccc3c2oc2ccc4nc(-n5c6ccccc6c6cc7c(cc65)sc5ccccc57)sc4c23)cc1. The highest BCUT2D eigenvalue weighted by atomic mass is 32.1. The number of fused-ring (bicyclic) bond motifs is 11. The van der Waals surface area contributed by atoms with E-state index < -0.39 is 0 Å². The van der Waals surface area contributed by atoms with E-state index in [0.29, 0.717) is 0 Å². The van der Waals surface area contributed by atoms with Crippen molar-refractivity contribution in [1.82, 2.24) is 9.55 Å². The van der Waals surface area contributed by atoms with E-state index in [9.17, 15) is 0 Å². The molecule has 6 aromatic carbocycles. The first-order valence-electron chi connectivity index (χ1n) is 14.0. The Balaban J connectivity index is 1.28. The molecule has 42 heavy (non-hydrogen) atoms. The fourth-order valence-electron chi connectivity index (χ4n) is 6.59. The van der Waals surface area contributed by atoms with Crippen LogP contribution >= 0.6 is 22.7 Å². The number of rotatable bonds is 2. The van der Waals surface area contributed by atoms with Crippen molar-refractivity contribution < 1.29 is 4.42 Å². The lowest BCUT2D eigenvalue weighted by molar-refractivity contribution is 0.670. The monoisotopic (exact) mass is 572 g/mol. The zero-order valence-electron chi connectivity index (χ0n) is 22.2. The van der Waals surface area contributed by atoms with Gasteiger partial charge in [0.05, 0.1) is 21.3 Å². The number of aromatic nitrogens is 2. The maximum Gasteiger partial charge on any atom is 0.195 e. The van der Waals surface area contributed by atoms with Crippen LogP contribution in [0.25, 0.3) is 90.4 Å². The van der Waals surface area contributed by atoms with E-state index in [4.69, 9.17) is 9.40 Å². The largest absolute Gasteiger partial charge is 0.455 e. The van der Waals surface area contributed by atoms with Crippen molar-refractivity contribution in [3.05, 3.63) is 121 Å². The molecule has 0 fully saturated rings. The third kappa shape index (κ3) is 3.01. The number of thiophene rings is 1. The number of hydrogen-bond acceptors (Lipinski definition) is 4. The average Bonchev–Trinajstić information content (AvgIpc) is 3.79. The van der Waals surface area contributed by atoms with Gasteiger partial charge in [-0.1, -0.05) is 96.3 Å². The molecular weight excluding hydrogens is 553 g/mol. The van der Waals surface area contributed by atoms with E-state index in [1.807, 2.05) is 17.4 Å². The quantitative estimate of drug-likeness (QED) is 0.206. The van der Waals surface area contributed by atoms with Crippen molar-refractivity contribution in [2.24, 2.45) is 0 Å². The number of para-hydroxylation sites is 2. The van der Waals surface area contributed by atoms with Crippen LogP contribution in [-0.4, -0.2) is 9.55 Å². The minimum atomic E-state index is 0.894. The summed E-state index contributed by atoms with van der Waals surface area (Å²) in [6, 6.07) is 43.2. The second kappa shape index (κ2) is 8.29. The summed E-state index contributed by atoms with van der Waals surface area (Å²) in [5.74, 6) is 0. The van der Waals surface area contributed by atoms with Crippen molar-refractivity contribution in [2.45, 2.75) is 0 Å². The summed E-state index contributed by atoms with van der Waals surface area (Å²) in [5, 5.41) is 8.37.